The van der Waals surface area contributed by atoms with E-state index >= 15 is 0 Å². The molecule has 1 aliphatic heterocycles. The van der Waals surface area contributed by atoms with Crippen LogP contribution in [0.25, 0.3) is 0 Å². The Morgan fingerprint density at radius 1 is 1.24 bits per heavy atom. The van der Waals surface area contributed by atoms with Crippen LogP contribution in [0.4, 0.5) is 10.5 Å². The van der Waals surface area contributed by atoms with Crippen LogP contribution in [-0.4, -0.2) is 37.0 Å². The topological polar surface area (TPSA) is 52.7 Å². The van der Waals surface area contributed by atoms with Gasteiger partial charge in [0.15, 0.2) is 0 Å². The van der Waals surface area contributed by atoms with E-state index in [0.29, 0.717) is 25.2 Å². The molecular weight excluding hydrogens is 382 g/mol. The van der Waals surface area contributed by atoms with Crippen LogP contribution in [0.15, 0.2) is 46.9 Å². The third-order valence-electron chi connectivity index (χ3n) is 4.27. The number of nitrogens with one attached hydrogen (secondary N) is 1. The average molecular weight is 402 g/mol. The van der Waals surface area contributed by atoms with E-state index in [9.17, 15) is 9.59 Å². The lowest BCUT2D eigenvalue weighted by Gasteiger charge is -2.20. The monoisotopic (exact) mass is 401 g/mol. The van der Waals surface area contributed by atoms with Gasteiger partial charge >= 0.3 is 6.03 Å². The number of hydrogen-bond acceptors (Lipinski definition) is 2. The van der Waals surface area contributed by atoms with Gasteiger partial charge in [0.25, 0.3) is 5.91 Å². The minimum atomic E-state index is -0.0884. The van der Waals surface area contributed by atoms with Gasteiger partial charge in [0.05, 0.1) is 0 Å². The van der Waals surface area contributed by atoms with Gasteiger partial charge in [0.2, 0.25) is 0 Å². The Labute approximate surface area is 155 Å². The highest BCUT2D eigenvalue weighted by molar-refractivity contribution is 9.10. The molecule has 130 valence electrons. The normalized spacial score (nSPS) is 13.7. The maximum atomic E-state index is 12.7. The Morgan fingerprint density at radius 3 is 2.56 bits per heavy atom. The van der Waals surface area contributed by atoms with Crippen molar-refractivity contribution in [3.05, 3.63) is 63.6 Å². The first-order chi connectivity index (χ1) is 12.0. The Bertz CT molecular complexity index is 805. The van der Waals surface area contributed by atoms with Gasteiger partial charge in [-0.25, -0.2) is 4.79 Å². The molecule has 0 aromatic heterocycles. The zero-order valence-electron chi connectivity index (χ0n) is 14.3. The quantitative estimate of drug-likeness (QED) is 0.851. The predicted octanol–water partition coefficient (Wildman–Crippen LogP) is 3.56. The van der Waals surface area contributed by atoms with Gasteiger partial charge in [-0.2, -0.15) is 0 Å². The second-order valence-corrected chi connectivity index (χ2v) is 7.09. The van der Waals surface area contributed by atoms with E-state index in [-0.39, 0.29) is 11.9 Å². The molecule has 0 bridgehead atoms. The van der Waals surface area contributed by atoms with Crippen molar-refractivity contribution in [3.8, 4) is 0 Å². The summed E-state index contributed by atoms with van der Waals surface area (Å²) in [6, 6.07) is 13.3. The van der Waals surface area contributed by atoms with E-state index < -0.39 is 0 Å². The smallest absolute Gasteiger partial charge is 0.322 e. The molecule has 6 heteroatoms. The first kappa shape index (κ1) is 17.5. The minimum Gasteiger partial charge on any atom is -0.337 e. The molecular formula is C19H20BrN3O2. The largest absolute Gasteiger partial charge is 0.337 e. The van der Waals surface area contributed by atoms with Crippen LogP contribution >= 0.6 is 15.9 Å². The number of carbonyl (C=O) groups excluding carboxylic acids is 2. The highest BCUT2D eigenvalue weighted by Crippen LogP contribution is 2.23. The summed E-state index contributed by atoms with van der Waals surface area (Å²) in [5, 5.41) is 2.79. The van der Waals surface area contributed by atoms with Crippen molar-refractivity contribution in [2.75, 3.05) is 25.0 Å². The zero-order chi connectivity index (χ0) is 18.0. The SMILES string of the molecule is Cc1cc(C(=O)N(C)Cc2ccc(Br)cc2)ccc1N1CCNC1=O. The van der Waals surface area contributed by atoms with Crippen LogP contribution < -0.4 is 10.2 Å². The molecule has 1 aliphatic rings. The molecule has 0 unspecified atom stereocenters. The number of rotatable bonds is 4. The number of anilines is 1. The molecule has 3 amide bonds. The van der Waals surface area contributed by atoms with E-state index in [1.807, 2.05) is 43.3 Å². The fourth-order valence-electron chi connectivity index (χ4n) is 2.95. The molecule has 3 rings (SSSR count). The Hall–Kier alpha value is -2.34. The number of hydrogen-bond donors (Lipinski definition) is 1. The van der Waals surface area contributed by atoms with Gasteiger partial charge in [-0.15, -0.1) is 0 Å². The van der Waals surface area contributed by atoms with Gasteiger partial charge in [-0.05, 0) is 48.4 Å². The highest BCUT2D eigenvalue weighted by atomic mass is 79.9. The van der Waals surface area contributed by atoms with Gasteiger partial charge in [0.1, 0.15) is 0 Å². The molecule has 1 saturated heterocycles. The summed E-state index contributed by atoms with van der Waals surface area (Å²) in [6.45, 7) is 3.76. The van der Waals surface area contributed by atoms with Gasteiger partial charge in [0, 0.05) is 42.4 Å². The summed E-state index contributed by atoms with van der Waals surface area (Å²) < 4.78 is 1.02. The number of aryl methyl sites for hydroxylation is 1. The number of benzene rings is 2. The van der Waals surface area contributed by atoms with Crippen molar-refractivity contribution in [1.29, 1.82) is 0 Å². The fourth-order valence-corrected chi connectivity index (χ4v) is 3.21. The van der Waals surface area contributed by atoms with E-state index in [1.165, 1.54) is 0 Å². The molecule has 1 N–H and O–H groups in total. The average Bonchev–Trinajstić information content (AvgIpc) is 3.02. The first-order valence-electron chi connectivity index (χ1n) is 8.11. The van der Waals surface area contributed by atoms with Crippen molar-refractivity contribution >= 4 is 33.6 Å². The number of nitrogens with zero attached hydrogens (tertiary/aromatic N) is 2. The van der Waals surface area contributed by atoms with Crippen LogP contribution in [0.3, 0.4) is 0 Å². The molecule has 25 heavy (non-hydrogen) atoms. The summed E-state index contributed by atoms with van der Waals surface area (Å²) in [7, 11) is 1.79. The molecule has 0 spiro atoms. The first-order valence-corrected chi connectivity index (χ1v) is 8.91. The maximum Gasteiger partial charge on any atom is 0.322 e. The van der Waals surface area contributed by atoms with E-state index in [4.69, 9.17) is 0 Å². The van der Waals surface area contributed by atoms with E-state index in [2.05, 4.69) is 21.2 Å². The lowest BCUT2D eigenvalue weighted by Crippen LogP contribution is -2.29. The molecule has 1 heterocycles. The number of halogens is 1. The van der Waals surface area contributed by atoms with E-state index in [1.54, 1.807) is 22.9 Å². The summed E-state index contributed by atoms with van der Waals surface area (Å²) in [6.07, 6.45) is 0. The maximum absolute atomic E-state index is 12.7. The fraction of sp³-hybridized carbons (Fsp3) is 0.263. The molecule has 0 atom stereocenters. The van der Waals surface area contributed by atoms with Gasteiger partial charge in [-0.3, -0.25) is 9.69 Å². The molecule has 0 radical (unpaired) electrons. The summed E-state index contributed by atoms with van der Waals surface area (Å²) in [4.78, 5) is 27.9. The number of amides is 3. The third-order valence-corrected chi connectivity index (χ3v) is 4.80. The Balaban J connectivity index is 1.74. The summed E-state index contributed by atoms with van der Waals surface area (Å²) in [5.74, 6) is -0.0385. The molecule has 0 aliphatic carbocycles. The van der Waals surface area contributed by atoms with Crippen molar-refractivity contribution in [1.82, 2.24) is 10.2 Å². The number of carbonyl (C=O) groups is 2. The zero-order valence-corrected chi connectivity index (χ0v) is 15.8. The molecule has 2 aromatic rings. The Kier molecular flexibility index (Phi) is 5.08. The van der Waals surface area contributed by atoms with Crippen molar-refractivity contribution < 1.29 is 9.59 Å². The van der Waals surface area contributed by atoms with Crippen molar-refractivity contribution in [3.63, 3.8) is 0 Å². The predicted molar refractivity (Wildman–Crippen MR) is 102 cm³/mol. The number of urea groups is 1. The Morgan fingerprint density at radius 2 is 1.96 bits per heavy atom. The van der Waals surface area contributed by atoms with Gasteiger partial charge in [-0.1, -0.05) is 28.1 Å². The minimum absolute atomic E-state index is 0.0385. The van der Waals surface area contributed by atoms with Crippen LogP contribution in [-0.2, 0) is 6.54 Å². The standard InChI is InChI=1S/C19H20BrN3O2/c1-13-11-15(5-8-17(13)23-10-9-21-19(23)25)18(24)22(2)12-14-3-6-16(20)7-4-14/h3-8,11H,9-10,12H2,1-2H3,(H,21,25). The summed E-state index contributed by atoms with van der Waals surface area (Å²) in [5.41, 5.74) is 3.46. The van der Waals surface area contributed by atoms with Crippen molar-refractivity contribution in [2.24, 2.45) is 0 Å². The second-order valence-electron chi connectivity index (χ2n) is 6.17. The third kappa shape index (κ3) is 3.85. The van der Waals surface area contributed by atoms with Crippen LogP contribution in [0.2, 0.25) is 0 Å². The molecule has 5 nitrogen and oxygen atoms in total. The van der Waals surface area contributed by atoms with Crippen LogP contribution in [0.5, 0.6) is 0 Å². The van der Waals surface area contributed by atoms with Gasteiger partial charge < -0.3 is 10.2 Å². The summed E-state index contributed by atoms with van der Waals surface area (Å²) >= 11 is 3.41. The van der Waals surface area contributed by atoms with Crippen molar-refractivity contribution in [2.45, 2.75) is 13.5 Å². The molecule has 1 fully saturated rings. The lowest BCUT2D eigenvalue weighted by atomic mass is 10.1. The van der Waals surface area contributed by atoms with E-state index in [0.717, 1.165) is 21.3 Å². The van der Waals surface area contributed by atoms with Crippen LogP contribution in [0.1, 0.15) is 21.5 Å². The molecule has 0 saturated carbocycles. The molecule has 2 aromatic carbocycles. The van der Waals surface area contributed by atoms with Crippen LogP contribution in [0, 0.1) is 6.92 Å². The second kappa shape index (κ2) is 7.27. The lowest BCUT2D eigenvalue weighted by molar-refractivity contribution is 0.0785. The highest BCUT2D eigenvalue weighted by Gasteiger charge is 2.23.